The lowest BCUT2D eigenvalue weighted by Gasteiger charge is -2.22. The lowest BCUT2D eigenvalue weighted by Crippen LogP contribution is -2.35. The Labute approximate surface area is 186 Å². The number of rotatable bonds is 7. The molecule has 0 saturated carbocycles. The maximum Gasteiger partial charge on any atom is 0.231 e. The average molecular weight is 489 g/mol. The average Bonchev–Trinajstić information content (AvgIpc) is 3.12. The van der Waals surface area contributed by atoms with Gasteiger partial charge in [0.1, 0.15) is 12.7 Å². The zero-order valence-electron chi connectivity index (χ0n) is 17.0. The summed E-state index contributed by atoms with van der Waals surface area (Å²) in [5, 5.41) is 14.0. The lowest BCUT2D eigenvalue weighted by atomic mass is 10.1. The van der Waals surface area contributed by atoms with Gasteiger partial charge in [-0.2, -0.15) is 0 Å². The van der Waals surface area contributed by atoms with E-state index in [1.54, 1.807) is 25.3 Å². The van der Waals surface area contributed by atoms with Gasteiger partial charge in [0, 0.05) is 12.1 Å². The van der Waals surface area contributed by atoms with E-state index in [2.05, 4.69) is 42.0 Å². The van der Waals surface area contributed by atoms with Gasteiger partial charge >= 0.3 is 0 Å². The number of methoxy groups -OCH3 is 1. The number of hydrogen-bond acceptors (Lipinski definition) is 6. The highest BCUT2D eigenvalue weighted by Crippen LogP contribution is 2.38. The van der Waals surface area contributed by atoms with Crippen LogP contribution in [0.1, 0.15) is 38.0 Å². The predicted octanol–water partition coefficient (Wildman–Crippen LogP) is 4.61. The highest BCUT2D eigenvalue weighted by Gasteiger charge is 2.19. The molecule has 0 spiro atoms. The Bertz CT molecular complexity index is 841. The summed E-state index contributed by atoms with van der Waals surface area (Å²) in [6.07, 6.45) is -0.812. The third-order valence-corrected chi connectivity index (χ3v) is 4.87. The van der Waals surface area contributed by atoms with Gasteiger partial charge in [0.2, 0.25) is 6.79 Å². The van der Waals surface area contributed by atoms with Crippen LogP contribution in [0.3, 0.4) is 0 Å². The van der Waals surface area contributed by atoms with Crippen LogP contribution in [0, 0.1) is 0 Å². The van der Waals surface area contributed by atoms with Crippen molar-refractivity contribution in [1.29, 1.82) is 0 Å². The maximum absolute atomic E-state index is 10.5. The molecule has 29 heavy (non-hydrogen) atoms. The molecule has 0 aliphatic carbocycles. The third-order valence-electron chi connectivity index (χ3n) is 4.28. The second-order valence-electron chi connectivity index (χ2n) is 7.65. The minimum absolute atomic E-state index is 0. The van der Waals surface area contributed by atoms with Gasteiger partial charge in [0.15, 0.2) is 23.0 Å². The number of hydrogen-bond donors (Lipinski definition) is 2. The molecule has 0 saturated heterocycles. The summed E-state index contributed by atoms with van der Waals surface area (Å²) in [4.78, 5) is 0. The molecule has 0 amide bonds. The summed E-state index contributed by atoms with van der Waals surface area (Å²) < 4.78 is 22.8. The van der Waals surface area contributed by atoms with Crippen LogP contribution in [-0.4, -0.2) is 31.2 Å². The van der Waals surface area contributed by atoms with Crippen molar-refractivity contribution >= 4 is 28.3 Å². The topological polar surface area (TPSA) is 69.2 Å². The van der Waals surface area contributed by atoms with Gasteiger partial charge in [-0.05, 0) is 72.1 Å². The van der Waals surface area contributed by atoms with E-state index >= 15 is 0 Å². The molecule has 1 aliphatic heterocycles. The second kappa shape index (κ2) is 9.89. The summed E-state index contributed by atoms with van der Waals surface area (Å²) in [7, 11) is 1.60. The Morgan fingerprint density at radius 2 is 1.90 bits per heavy atom. The van der Waals surface area contributed by atoms with Crippen LogP contribution in [0.25, 0.3) is 0 Å². The van der Waals surface area contributed by atoms with Crippen molar-refractivity contribution in [3.8, 4) is 23.0 Å². The first-order valence-corrected chi connectivity index (χ1v) is 9.88. The van der Waals surface area contributed by atoms with Crippen LogP contribution in [0.5, 0.6) is 23.0 Å². The van der Waals surface area contributed by atoms with Gasteiger partial charge in [-0.3, -0.25) is 0 Å². The number of ether oxygens (including phenoxy) is 4. The monoisotopic (exact) mass is 487 g/mol. The van der Waals surface area contributed by atoms with Crippen molar-refractivity contribution in [1.82, 2.24) is 5.32 Å². The Morgan fingerprint density at radius 1 is 1.17 bits per heavy atom. The predicted molar refractivity (Wildman–Crippen MR) is 118 cm³/mol. The molecule has 8 heteroatoms. The van der Waals surface area contributed by atoms with Crippen LogP contribution in [-0.2, 0) is 6.54 Å². The number of nitrogens with one attached hydrogen (secondary N) is 1. The molecule has 1 heterocycles. The van der Waals surface area contributed by atoms with E-state index in [0.717, 1.165) is 10.0 Å². The summed E-state index contributed by atoms with van der Waals surface area (Å²) >= 11 is 3.56. The van der Waals surface area contributed by atoms with Crippen molar-refractivity contribution < 1.29 is 24.1 Å². The first kappa shape index (κ1) is 23.6. The van der Waals surface area contributed by atoms with Crippen LogP contribution >= 0.6 is 28.3 Å². The van der Waals surface area contributed by atoms with Gasteiger partial charge in [-0.25, -0.2) is 0 Å². The molecule has 1 aliphatic rings. The lowest BCUT2D eigenvalue weighted by molar-refractivity contribution is 0.105. The van der Waals surface area contributed by atoms with Crippen LogP contribution in [0.4, 0.5) is 0 Å². The van der Waals surface area contributed by atoms with Crippen molar-refractivity contribution in [2.75, 3.05) is 20.5 Å². The molecular formula is C21H27BrClNO5. The zero-order valence-corrected chi connectivity index (χ0v) is 19.4. The van der Waals surface area contributed by atoms with Gasteiger partial charge in [-0.1, -0.05) is 6.07 Å². The minimum atomic E-state index is -0.812. The Morgan fingerprint density at radius 3 is 2.59 bits per heavy atom. The molecule has 0 fully saturated rings. The van der Waals surface area contributed by atoms with E-state index in [1.165, 1.54) is 0 Å². The summed E-state index contributed by atoms with van der Waals surface area (Å²) in [6, 6.07) is 9.28. The Kier molecular flexibility index (Phi) is 8.05. The van der Waals surface area contributed by atoms with Crippen molar-refractivity contribution in [3.05, 3.63) is 45.9 Å². The second-order valence-corrected chi connectivity index (χ2v) is 8.51. The molecular weight excluding hydrogens is 462 g/mol. The number of fused-ring (bicyclic) bond motifs is 1. The van der Waals surface area contributed by atoms with E-state index in [-0.39, 0.29) is 31.3 Å². The van der Waals surface area contributed by atoms with Gasteiger partial charge in [-0.15, -0.1) is 12.4 Å². The molecule has 2 aromatic rings. The Hall–Kier alpha value is -1.67. The van der Waals surface area contributed by atoms with Crippen molar-refractivity contribution in [3.63, 3.8) is 0 Å². The summed E-state index contributed by atoms with van der Waals surface area (Å²) in [5.41, 5.74) is 1.79. The Balaban J connectivity index is 0.00000300. The van der Waals surface area contributed by atoms with E-state index in [0.29, 0.717) is 35.1 Å². The van der Waals surface area contributed by atoms with Crippen molar-refractivity contribution in [2.24, 2.45) is 0 Å². The highest BCUT2D eigenvalue weighted by atomic mass is 79.9. The largest absolute Gasteiger partial charge is 0.493 e. The first-order valence-electron chi connectivity index (χ1n) is 9.08. The molecule has 0 bridgehead atoms. The normalized spacial score (nSPS) is 13.6. The SMILES string of the molecule is COc1cc(CNC(C)(C)C)cc(Br)c1OCC(O)c1ccc2c(c1)OCO2.Cl. The van der Waals surface area contributed by atoms with Gasteiger partial charge < -0.3 is 29.4 Å². The molecule has 1 atom stereocenters. The quantitative estimate of drug-likeness (QED) is 0.593. The number of halogens is 2. The molecule has 2 N–H and O–H groups in total. The van der Waals surface area contributed by atoms with Gasteiger partial charge in [0.05, 0.1) is 11.6 Å². The fraction of sp³-hybridized carbons (Fsp3) is 0.429. The highest BCUT2D eigenvalue weighted by molar-refractivity contribution is 9.10. The maximum atomic E-state index is 10.5. The molecule has 0 aromatic heterocycles. The summed E-state index contributed by atoms with van der Waals surface area (Å²) in [6.45, 7) is 7.34. The third kappa shape index (κ3) is 6.15. The van der Waals surface area contributed by atoms with Crippen LogP contribution in [0.2, 0.25) is 0 Å². The number of benzene rings is 2. The number of aliphatic hydroxyl groups is 1. The summed E-state index contributed by atoms with van der Waals surface area (Å²) in [5.74, 6) is 2.48. The molecule has 3 rings (SSSR count). The van der Waals surface area contributed by atoms with E-state index in [4.69, 9.17) is 18.9 Å². The molecule has 1 unspecified atom stereocenters. The molecule has 6 nitrogen and oxygen atoms in total. The van der Waals surface area contributed by atoms with Crippen LogP contribution in [0.15, 0.2) is 34.8 Å². The fourth-order valence-electron chi connectivity index (χ4n) is 2.76. The van der Waals surface area contributed by atoms with E-state index in [9.17, 15) is 5.11 Å². The zero-order chi connectivity index (χ0) is 20.3. The molecule has 2 aromatic carbocycles. The fourth-order valence-corrected chi connectivity index (χ4v) is 3.37. The first-order chi connectivity index (χ1) is 13.3. The van der Waals surface area contributed by atoms with Gasteiger partial charge in [0.25, 0.3) is 0 Å². The molecule has 0 radical (unpaired) electrons. The standard InChI is InChI=1S/C21H26BrNO5.ClH/c1-21(2,3)23-10-13-7-15(22)20(19(8-13)25-4)26-11-16(24)14-5-6-17-18(9-14)28-12-27-17;/h5-9,16,23-24H,10-12H2,1-4H3;1H. The smallest absolute Gasteiger partial charge is 0.231 e. The van der Waals surface area contributed by atoms with E-state index < -0.39 is 6.10 Å². The van der Waals surface area contributed by atoms with Crippen LogP contribution < -0.4 is 24.3 Å². The molecule has 160 valence electrons. The van der Waals surface area contributed by atoms with Crippen molar-refractivity contribution in [2.45, 2.75) is 39.0 Å². The number of aliphatic hydroxyl groups excluding tert-OH is 1. The van der Waals surface area contributed by atoms with E-state index in [1.807, 2.05) is 12.1 Å². The minimum Gasteiger partial charge on any atom is -0.493 e.